The van der Waals surface area contributed by atoms with Crippen LogP contribution in [0.4, 0.5) is 4.39 Å². The van der Waals surface area contributed by atoms with E-state index in [2.05, 4.69) is 16.9 Å². The Balaban J connectivity index is 2.66. The van der Waals surface area contributed by atoms with Crippen LogP contribution < -0.4 is 10.1 Å². The van der Waals surface area contributed by atoms with E-state index in [9.17, 15) is 4.39 Å². The number of nitrogens with one attached hydrogen (secondary N) is 1. The first-order chi connectivity index (χ1) is 8.49. The van der Waals surface area contributed by atoms with Gasteiger partial charge in [0.15, 0.2) is 0 Å². The van der Waals surface area contributed by atoms with E-state index >= 15 is 0 Å². The summed E-state index contributed by atoms with van der Waals surface area (Å²) in [5.74, 6) is 0.147. The zero-order valence-electron chi connectivity index (χ0n) is 11.3. The Morgan fingerprint density at radius 1 is 1.56 bits per heavy atom. The molecule has 0 saturated carbocycles. The van der Waals surface area contributed by atoms with E-state index in [0.29, 0.717) is 25.1 Å². The highest BCUT2D eigenvalue weighted by Gasteiger charge is 2.08. The van der Waals surface area contributed by atoms with E-state index in [1.165, 1.54) is 12.3 Å². The molecular formula is C14H21FN2O. The lowest BCUT2D eigenvalue weighted by Crippen LogP contribution is -2.22. The van der Waals surface area contributed by atoms with Crippen LogP contribution in [0, 0.1) is 5.82 Å². The topological polar surface area (TPSA) is 34.1 Å². The molecule has 100 valence electrons. The SMILES string of the molecule is C=C(C)CCOc1ncc(F)cc1CNC(C)C. The molecule has 0 aliphatic heterocycles. The minimum Gasteiger partial charge on any atom is -0.477 e. The van der Waals surface area contributed by atoms with Gasteiger partial charge in [-0.3, -0.25) is 0 Å². The lowest BCUT2D eigenvalue weighted by Gasteiger charge is -2.12. The van der Waals surface area contributed by atoms with Crippen molar-refractivity contribution < 1.29 is 9.13 Å². The predicted molar refractivity (Wildman–Crippen MR) is 71.1 cm³/mol. The maximum atomic E-state index is 13.2. The minimum absolute atomic E-state index is 0.330. The fraction of sp³-hybridized carbons (Fsp3) is 0.500. The summed E-state index contributed by atoms with van der Waals surface area (Å²) in [6.45, 7) is 10.9. The van der Waals surface area contributed by atoms with Crippen molar-refractivity contribution in [2.24, 2.45) is 0 Å². The van der Waals surface area contributed by atoms with Crippen molar-refractivity contribution in [2.45, 2.75) is 39.8 Å². The highest BCUT2D eigenvalue weighted by molar-refractivity contribution is 5.26. The molecule has 1 aromatic heterocycles. The number of halogens is 1. The zero-order valence-corrected chi connectivity index (χ0v) is 11.3. The number of pyridine rings is 1. The van der Waals surface area contributed by atoms with Gasteiger partial charge < -0.3 is 10.1 Å². The normalized spacial score (nSPS) is 10.7. The quantitative estimate of drug-likeness (QED) is 0.757. The molecule has 0 amide bonds. The van der Waals surface area contributed by atoms with Gasteiger partial charge in [0.25, 0.3) is 0 Å². The Labute approximate surface area is 108 Å². The minimum atomic E-state index is -0.345. The maximum Gasteiger partial charge on any atom is 0.218 e. The highest BCUT2D eigenvalue weighted by Crippen LogP contribution is 2.17. The van der Waals surface area contributed by atoms with Gasteiger partial charge in [-0.1, -0.05) is 19.4 Å². The summed E-state index contributed by atoms with van der Waals surface area (Å²) in [6.07, 6.45) is 1.95. The second kappa shape index (κ2) is 7.11. The molecule has 4 heteroatoms. The van der Waals surface area contributed by atoms with Crippen LogP contribution in [-0.4, -0.2) is 17.6 Å². The van der Waals surface area contributed by atoms with Crippen molar-refractivity contribution in [1.29, 1.82) is 0 Å². The lowest BCUT2D eigenvalue weighted by atomic mass is 10.2. The largest absolute Gasteiger partial charge is 0.477 e. The van der Waals surface area contributed by atoms with Gasteiger partial charge in [0.2, 0.25) is 5.88 Å². The van der Waals surface area contributed by atoms with Crippen LogP contribution in [0.25, 0.3) is 0 Å². The van der Waals surface area contributed by atoms with Gasteiger partial charge in [0.1, 0.15) is 5.82 Å². The van der Waals surface area contributed by atoms with Gasteiger partial charge in [0, 0.05) is 24.6 Å². The fourth-order valence-electron chi connectivity index (χ4n) is 1.36. The van der Waals surface area contributed by atoms with Crippen molar-refractivity contribution >= 4 is 0 Å². The molecule has 0 spiro atoms. The van der Waals surface area contributed by atoms with Crippen LogP contribution in [0.1, 0.15) is 32.8 Å². The molecule has 0 aliphatic rings. The molecule has 0 aromatic carbocycles. The van der Waals surface area contributed by atoms with Gasteiger partial charge in [-0.2, -0.15) is 0 Å². The molecule has 0 aliphatic carbocycles. The molecule has 0 fully saturated rings. The van der Waals surface area contributed by atoms with Crippen LogP contribution in [0.15, 0.2) is 24.4 Å². The second-order valence-corrected chi connectivity index (χ2v) is 4.71. The van der Waals surface area contributed by atoms with Gasteiger partial charge in [-0.15, -0.1) is 6.58 Å². The van der Waals surface area contributed by atoms with Gasteiger partial charge >= 0.3 is 0 Å². The molecular weight excluding hydrogens is 231 g/mol. The molecule has 0 atom stereocenters. The van der Waals surface area contributed by atoms with E-state index in [4.69, 9.17) is 4.74 Å². The number of rotatable bonds is 7. The zero-order chi connectivity index (χ0) is 13.5. The third kappa shape index (κ3) is 5.27. The van der Waals surface area contributed by atoms with Crippen LogP contribution >= 0.6 is 0 Å². The van der Waals surface area contributed by atoms with Crippen LogP contribution in [0.2, 0.25) is 0 Å². The number of ether oxygens (including phenoxy) is 1. The van der Waals surface area contributed by atoms with Crippen molar-refractivity contribution in [2.75, 3.05) is 6.61 Å². The first-order valence-electron chi connectivity index (χ1n) is 6.14. The Morgan fingerprint density at radius 2 is 2.28 bits per heavy atom. The molecule has 0 saturated heterocycles. The van der Waals surface area contributed by atoms with E-state index in [1.54, 1.807) is 0 Å². The summed E-state index contributed by atoms with van der Waals surface area (Å²) in [4.78, 5) is 3.99. The van der Waals surface area contributed by atoms with Crippen LogP contribution in [-0.2, 0) is 6.54 Å². The Bertz CT molecular complexity index is 405. The summed E-state index contributed by atoms with van der Waals surface area (Å²) < 4.78 is 18.7. The molecule has 1 N–H and O–H groups in total. The monoisotopic (exact) mass is 252 g/mol. The Kier molecular flexibility index (Phi) is 5.78. The molecule has 3 nitrogen and oxygen atoms in total. The van der Waals surface area contributed by atoms with Crippen molar-refractivity contribution in [1.82, 2.24) is 10.3 Å². The van der Waals surface area contributed by atoms with Crippen molar-refractivity contribution in [3.05, 3.63) is 35.8 Å². The second-order valence-electron chi connectivity index (χ2n) is 4.71. The van der Waals surface area contributed by atoms with Crippen molar-refractivity contribution in [3.8, 4) is 5.88 Å². The third-order valence-corrected chi connectivity index (χ3v) is 2.36. The maximum absolute atomic E-state index is 13.2. The standard InChI is InChI=1S/C14H21FN2O/c1-10(2)5-6-18-14-12(8-16-11(3)4)7-13(15)9-17-14/h7,9,11,16H,1,5-6,8H2,2-4H3. The smallest absolute Gasteiger partial charge is 0.218 e. The lowest BCUT2D eigenvalue weighted by molar-refractivity contribution is 0.303. The van der Waals surface area contributed by atoms with E-state index in [1.807, 2.05) is 20.8 Å². The summed E-state index contributed by atoms with van der Waals surface area (Å²) >= 11 is 0. The average Bonchev–Trinajstić information content (AvgIpc) is 2.28. The summed E-state index contributed by atoms with van der Waals surface area (Å²) in [5, 5.41) is 3.22. The molecule has 0 unspecified atom stereocenters. The van der Waals surface area contributed by atoms with Crippen LogP contribution in [0.3, 0.4) is 0 Å². The predicted octanol–water partition coefficient (Wildman–Crippen LogP) is 3.06. The summed E-state index contributed by atoms with van der Waals surface area (Å²) in [7, 11) is 0. The Hall–Kier alpha value is -1.42. The molecule has 1 heterocycles. The van der Waals surface area contributed by atoms with E-state index in [-0.39, 0.29) is 5.82 Å². The Morgan fingerprint density at radius 3 is 2.89 bits per heavy atom. The molecule has 0 bridgehead atoms. The number of aromatic nitrogens is 1. The highest BCUT2D eigenvalue weighted by atomic mass is 19.1. The van der Waals surface area contributed by atoms with Crippen LogP contribution in [0.5, 0.6) is 5.88 Å². The average molecular weight is 252 g/mol. The first-order valence-corrected chi connectivity index (χ1v) is 6.14. The van der Waals surface area contributed by atoms with Crippen molar-refractivity contribution in [3.63, 3.8) is 0 Å². The van der Waals surface area contributed by atoms with E-state index < -0.39 is 0 Å². The third-order valence-electron chi connectivity index (χ3n) is 2.36. The first kappa shape index (κ1) is 14.6. The number of hydrogen-bond acceptors (Lipinski definition) is 3. The molecule has 18 heavy (non-hydrogen) atoms. The molecule has 0 radical (unpaired) electrons. The number of hydrogen-bond donors (Lipinski definition) is 1. The van der Waals surface area contributed by atoms with Gasteiger partial charge in [-0.25, -0.2) is 9.37 Å². The van der Waals surface area contributed by atoms with Gasteiger partial charge in [-0.05, 0) is 13.0 Å². The summed E-state index contributed by atoms with van der Waals surface area (Å²) in [5.41, 5.74) is 1.80. The molecule has 1 aromatic rings. The summed E-state index contributed by atoms with van der Waals surface area (Å²) in [6, 6.07) is 1.79. The van der Waals surface area contributed by atoms with Gasteiger partial charge in [0.05, 0.1) is 12.8 Å². The fourth-order valence-corrected chi connectivity index (χ4v) is 1.36. The van der Waals surface area contributed by atoms with E-state index in [0.717, 1.165) is 17.6 Å². The number of nitrogens with zero attached hydrogens (tertiary/aromatic N) is 1. The molecule has 1 rings (SSSR count).